The molecule has 1 unspecified atom stereocenters. The third-order valence-corrected chi connectivity index (χ3v) is 3.08. The van der Waals surface area contributed by atoms with Crippen LogP contribution in [0, 0.1) is 0 Å². The molecule has 88 valence electrons. The Labute approximate surface area is 101 Å². The van der Waals surface area contributed by atoms with E-state index in [9.17, 15) is 14.7 Å². The molecule has 7 heteroatoms. The number of aliphatic hydroxyl groups is 1. The summed E-state index contributed by atoms with van der Waals surface area (Å²) in [4.78, 5) is 22.4. The fourth-order valence-corrected chi connectivity index (χ4v) is 1.81. The average molecular weight is 264 g/mol. The van der Waals surface area contributed by atoms with Crippen LogP contribution in [0.25, 0.3) is 0 Å². The summed E-state index contributed by atoms with van der Waals surface area (Å²) in [7, 11) is 0. The maximum Gasteiger partial charge on any atom is 0.337 e. The largest absolute Gasteiger partial charge is 0.479 e. The number of aliphatic carboxylic acids is 1. The van der Waals surface area contributed by atoms with E-state index in [1.165, 1.54) is 6.07 Å². The fourth-order valence-electron chi connectivity index (χ4n) is 0.851. The molecule has 3 N–H and O–H groups in total. The lowest BCUT2D eigenvalue weighted by molar-refractivity contribution is -0.155. The molecule has 0 radical (unpaired) electrons. The van der Waals surface area contributed by atoms with Gasteiger partial charge in [0.2, 0.25) is 0 Å². The SMILES string of the molecule is CC(O)(CNC(=O)c1ccc(Cl)s1)C(=O)O. The number of amides is 1. The van der Waals surface area contributed by atoms with Gasteiger partial charge in [0.25, 0.3) is 5.91 Å². The highest BCUT2D eigenvalue weighted by Crippen LogP contribution is 2.21. The van der Waals surface area contributed by atoms with Gasteiger partial charge < -0.3 is 15.5 Å². The summed E-state index contributed by atoms with van der Waals surface area (Å²) in [6.45, 7) is 0.744. The molecule has 1 heterocycles. The second-order valence-corrected chi connectivity index (χ2v) is 5.08. The van der Waals surface area contributed by atoms with Crippen LogP contribution in [-0.4, -0.2) is 34.2 Å². The Morgan fingerprint density at radius 3 is 2.62 bits per heavy atom. The van der Waals surface area contributed by atoms with Crippen molar-refractivity contribution in [2.24, 2.45) is 0 Å². The third-order valence-electron chi connectivity index (χ3n) is 1.85. The van der Waals surface area contributed by atoms with Crippen molar-refractivity contribution in [3.05, 3.63) is 21.3 Å². The van der Waals surface area contributed by atoms with Crippen molar-refractivity contribution in [3.8, 4) is 0 Å². The Hall–Kier alpha value is -1.11. The molecule has 0 spiro atoms. The quantitative estimate of drug-likeness (QED) is 0.755. The summed E-state index contributed by atoms with van der Waals surface area (Å²) < 4.78 is 0.468. The smallest absolute Gasteiger partial charge is 0.337 e. The Kier molecular flexibility index (Phi) is 3.90. The summed E-state index contributed by atoms with van der Waals surface area (Å²) in [6.07, 6.45) is 0. The van der Waals surface area contributed by atoms with E-state index < -0.39 is 17.5 Å². The molecule has 1 aromatic rings. The van der Waals surface area contributed by atoms with Gasteiger partial charge >= 0.3 is 5.97 Å². The number of nitrogens with one attached hydrogen (secondary N) is 1. The lowest BCUT2D eigenvalue weighted by Gasteiger charge is -2.17. The first kappa shape index (κ1) is 13.0. The topological polar surface area (TPSA) is 86.6 Å². The van der Waals surface area contributed by atoms with E-state index in [4.69, 9.17) is 16.7 Å². The molecule has 0 aliphatic rings. The van der Waals surface area contributed by atoms with Crippen molar-refractivity contribution in [1.82, 2.24) is 5.32 Å². The minimum absolute atomic E-state index is 0.364. The van der Waals surface area contributed by atoms with Crippen molar-refractivity contribution < 1.29 is 19.8 Å². The molecule has 0 aromatic carbocycles. The van der Waals surface area contributed by atoms with E-state index in [-0.39, 0.29) is 6.54 Å². The maximum atomic E-state index is 11.5. The van der Waals surface area contributed by atoms with E-state index in [0.717, 1.165) is 18.3 Å². The Bertz CT molecular complexity index is 415. The molecule has 1 rings (SSSR count). The molecule has 1 atom stereocenters. The van der Waals surface area contributed by atoms with Crippen LogP contribution >= 0.6 is 22.9 Å². The van der Waals surface area contributed by atoms with Crippen molar-refractivity contribution in [1.29, 1.82) is 0 Å². The minimum atomic E-state index is -1.98. The van der Waals surface area contributed by atoms with Gasteiger partial charge in [0.05, 0.1) is 15.8 Å². The molecule has 0 aliphatic carbocycles. The first-order chi connectivity index (χ1) is 7.33. The Morgan fingerprint density at radius 2 is 2.19 bits per heavy atom. The van der Waals surface area contributed by atoms with Crippen LogP contribution in [-0.2, 0) is 4.79 Å². The van der Waals surface area contributed by atoms with E-state index in [1.54, 1.807) is 6.07 Å². The third kappa shape index (κ3) is 3.19. The first-order valence-electron chi connectivity index (χ1n) is 4.32. The molecule has 0 aliphatic heterocycles. The predicted molar refractivity (Wildman–Crippen MR) is 59.9 cm³/mol. The highest BCUT2D eigenvalue weighted by Gasteiger charge is 2.30. The highest BCUT2D eigenvalue weighted by atomic mass is 35.5. The van der Waals surface area contributed by atoms with Gasteiger partial charge in [-0.05, 0) is 19.1 Å². The fraction of sp³-hybridized carbons (Fsp3) is 0.333. The normalized spacial score (nSPS) is 14.2. The zero-order chi connectivity index (χ0) is 12.3. The van der Waals surface area contributed by atoms with Crippen molar-refractivity contribution in [3.63, 3.8) is 0 Å². The second kappa shape index (κ2) is 4.82. The molecular formula is C9H10ClNO4S. The van der Waals surface area contributed by atoms with Crippen LogP contribution in [0.15, 0.2) is 12.1 Å². The van der Waals surface area contributed by atoms with Crippen molar-refractivity contribution >= 4 is 34.8 Å². The maximum absolute atomic E-state index is 11.5. The Balaban J connectivity index is 2.57. The van der Waals surface area contributed by atoms with E-state index in [2.05, 4.69) is 5.32 Å². The number of carboxylic acid groups (broad SMARTS) is 1. The number of hydrogen-bond acceptors (Lipinski definition) is 4. The van der Waals surface area contributed by atoms with Gasteiger partial charge in [0.15, 0.2) is 5.60 Å². The van der Waals surface area contributed by atoms with E-state index in [1.807, 2.05) is 0 Å². The molecule has 1 amide bonds. The van der Waals surface area contributed by atoms with Gasteiger partial charge in [0, 0.05) is 0 Å². The number of hydrogen-bond donors (Lipinski definition) is 3. The van der Waals surface area contributed by atoms with Gasteiger partial charge in [-0.3, -0.25) is 4.79 Å². The van der Waals surface area contributed by atoms with Crippen molar-refractivity contribution in [2.45, 2.75) is 12.5 Å². The van der Waals surface area contributed by atoms with E-state index >= 15 is 0 Å². The van der Waals surface area contributed by atoms with Crippen molar-refractivity contribution in [2.75, 3.05) is 6.54 Å². The monoisotopic (exact) mass is 263 g/mol. The second-order valence-electron chi connectivity index (χ2n) is 3.37. The summed E-state index contributed by atoms with van der Waals surface area (Å²) in [5.41, 5.74) is -1.98. The number of halogens is 1. The summed E-state index contributed by atoms with van der Waals surface area (Å²) in [5, 5.41) is 20.3. The molecule has 0 fully saturated rings. The van der Waals surface area contributed by atoms with Crippen LogP contribution in [0.2, 0.25) is 4.34 Å². The van der Waals surface area contributed by atoms with Gasteiger partial charge in [0.1, 0.15) is 0 Å². The lowest BCUT2D eigenvalue weighted by atomic mass is 10.1. The summed E-state index contributed by atoms with van der Waals surface area (Å²) in [6, 6.07) is 3.09. The van der Waals surface area contributed by atoms with E-state index in [0.29, 0.717) is 9.21 Å². The molecule has 5 nitrogen and oxygen atoms in total. The molecule has 1 aromatic heterocycles. The lowest BCUT2D eigenvalue weighted by Crippen LogP contribution is -2.46. The van der Waals surface area contributed by atoms with Crippen LogP contribution in [0.1, 0.15) is 16.6 Å². The number of rotatable bonds is 4. The zero-order valence-corrected chi connectivity index (χ0v) is 9.93. The predicted octanol–water partition coefficient (Wildman–Crippen LogP) is 0.967. The van der Waals surface area contributed by atoms with Gasteiger partial charge in [-0.25, -0.2) is 4.79 Å². The van der Waals surface area contributed by atoms with Crippen LogP contribution < -0.4 is 5.32 Å². The molecule has 16 heavy (non-hydrogen) atoms. The summed E-state index contributed by atoms with van der Waals surface area (Å²) in [5.74, 6) is -1.85. The Morgan fingerprint density at radius 1 is 1.56 bits per heavy atom. The molecule has 0 saturated heterocycles. The summed E-state index contributed by atoms with van der Waals surface area (Å²) >= 11 is 6.72. The number of thiophene rings is 1. The van der Waals surface area contributed by atoms with Crippen LogP contribution in [0.4, 0.5) is 0 Å². The first-order valence-corrected chi connectivity index (χ1v) is 5.51. The number of carboxylic acids is 1. The average Bonchev–Trinajstić information content (AvgIpc) is 2.61. The van der Waals surface area contributed by atoms with Gasteiger partial charge in [-0.2, -0.15) is 0 Å². The number of carbonyl (C=O) groups excluding carboxylic acids is 1. The number of carbonyl (C=O) groups is 2. The van der Waals surface area contributed by atoms with Crippen LogP contribution in [0.5, 0.6) is 0 Å². The molecular weight excluding hydrogens is 254 g/mol. The minimum Gasteiger partial charge on any atom is -0.479 e. The van der Waals surface area contributed by atoms with Crippen LogP contribution in [0.3, 0.4) is 0 Å². The molecule has 0 saturated carbocycles. The standard InChI is InChI=1S/C9H10ClNO4S/c1-9(15,8(13)14)4-11-7(12)5-2-3-6(10)16-5/h2-3,15H,4H2,1H3,(H,11,12)(H,13,14). The molecule has 0 bridgehead atoms. The van der Waals surface area contributed by atoms with Gasteiger partial charge in [-0.15, -0.1) is 11.3 Å². The van der Waals surface area contributed by atoms with Gasteiger partial charge in [-0.1, -0.05) is 11.6 Å². The zero-order valence-electron chi connectivity index (χ0n) is 8.36. The highest BCUT2D eigenvalue weighted by molar-refractivity contribution is 7.17.